The van der Waals surface area contributed by atoms with Crippen LogP contribution in [0.25, 0.3) is 0 Å². The Morgan fingerprint density at radius 1 is 1.00 bits per heavy atom. The van der Waals surface area contributed by atoms with E-state index in [1.54, 1.807) is 0 Å². The number of epoxide rings is 1. The quantitative estimate of drug-likeness (QED) is 0.670. The molecule has 0 amide bonds. The van der Waals surface area contributed by atoms with Crippen LogP contribution in [0.15, 0.2) is 0 Å². The maximum atomic E-state index is 6.13. The maximum Gasteiger partial charge on any atom is 0.0920 e. The summed E-state index contributed by atoms with van der Waals surface area (Å²) in [5.74, 6) is 3.44. The van der Waals surface area contributed by atoms with Crippen LogP contribution in [0.3, 0.4) is 0 Å². The molecular formula is C20H34O2. The van der Waals surface area contributed by atoms with Crippen LogP contribution in [0.1, 0.15) is 79.1 Å². The van der Waals surface area contributed by atoms with Gasteiger partial charge in [0, 0.05) is 6.42 Å². The SMILES string of the molecule is CC(CCC(C)C1CCC2(C)CC1O2)C1CCC2(C)OC2C1. The van der Waals surface area contributed by atoms with Crippen LogP contribution in [0.4, 0.5) is 0 Å². The van der Waals surface area contributed by atoms with Crippen LogP contribution < -0.4 is 0 Å². The predicted molar refractivity (Wildman–Crippen MR) is 88.8 cm³/mol. The number of hydrogen-bond acceptors (Lipinski definition) is 2. The van der Waals surface area contributed by atoms with Gasteiger partial charge in [-0.1, -0.05) is 26.7 Å². The fourth-order valence-corrected chi connectivity index (χ4v) is 5.66. The highest BCUT2D eigenvalue weighted by molar-refractivity contribution is 5.04. The van der Waals surface area contributed by atoms with Crippen molar-refractivity contribution in [2.24, 2.45) is 23.7 Å². The number of fused-ring (bicyclic) bond motifs is 3. The van der Waals surface area contributed by atoms with Crippen LogP contribution in [0.2, 0.25) is 0 Å². The zero-order valence-electron chi connectivity index (χ0n) is 14.9. The minimum absolute atomic E-state index is 0.257. The topological polar surface area (TPSA) is 21.8 Å². The summed E-state index contributed by atoms with van der Waals surface area (Å²) in [7, 11) is 0. The molecule has 2 aliphatic carbocycles. The van der Waals surface area contributed by atoms with Gasteiger partial charge in [0.05, 0.1) is 23.4 Å². The van der Waals surface area contributed by atoms with Crippen LogP contribution in [0, 0.1) is 23.7 Å². The lowest BCUT2D eigenvalue weighted by Crippen LogP contribution is -2.57. The van der Waals surface area contributed by atoms with Crippen molar-refractivity contribution in [1.82, 2.24) is 0 Å². The van der Waals surface area contributed by atoms with Gasteiger partial charge >= 0.3 is 0 Å². The number of rotatable bonds is 5. The predicted octanol–water partition coefficient (Wildman–Crippen LogP) is 4.95. The minimum atomic E-state index is 0.257. The second-order valence-electron chi connectivity index (χ2n) is 9.50. The lowest BCUT2D eigenvalue weighted by molar-refractivity contribution is -0.256. The molecule has 0 aromatic carbocycles. The zero-order chi connectivity index (χ0) is 15.5. The molecule has 8 atom stereocenters. The fraction of sp³-hybridized carbons (Fsp3) is 1.00. The summed E-state index contributed by atoms with van der Waals surface area (Å²) in [6.45, 7) is 9.56. The third kappa shape index (κ3) is 2.65. The Balaban J connectivity index is 1.22. The van der Waals surface area contributed by atoms with Crippen LogP contribution in [-0.2, 0) is 9.47 Å². The third-order valence-electron chi connectivity index (χ3n) is 7.73. The van der Waals surface area contributed by atoms with Gasteiger partial charge in [0.15, 0.2) is 0 Å². The smallest absolute Gasteiger partial charge is 0.0920 e. The van der Waals surface area contributed by atoms with Gasteiger partial charge in [-0.05, 0) is 69.6 Å². The summed E-state index contributed by atoms with van der Waals surface area (Å²) >= 11 is 0. The highest BCUT2D eigenvalue weighted by Gasteiger charge is 2.55. The first kappa shape index (κ1) is 15.4. The van der Waals surface area contributed by atoms with Crippen LogP contribution in [-0.4, -0.2) is 23.4 Å². The van der Waals surface area contributed by atoms with Crippen molar-refractivity contribution in [1.29, 1.82) is 0 Å². The summed E-state index contributed by atoms with van der Waals surface area (Å²) in [6.07, 6.45) is 12.0. The molecule has 3 heterocycles. The number of ether oxygens (including phenoxy) is 2. The summed E-state index contributed by atoms with van der Waals surface area (Å²) in [5, 5.41) is 0. The number of hydrogen-bond donors (Lipinski definition) is 0. The van der Waals surface area contributed by atoms with E-state index in [1.165, 1.54) is 51.4 Å². The molecule has 3 saturated heterocycles. The summed E-state index contributed by atoms with van der Waals surface area (Å²) < 4.78 is 12.0. The van der Waals surface area contributed by atoms with E-state index >= 15 is 0 Å². The first-order valence-electron chi connectivity index (χ1n) is 9.74. The van der Waals surface area contributed by atoms with Gasteiger partial charge in [-0.25, -0.2) is 0 Å². The van der Waals surface area contributed by atoms with Gasteiger partial charge in [0.1, 0.15) is 0 Å². The molecule has 2 nitrogen and oxygen atoms in total. The van der Waals surface area contributed by atoms with E-state index < -0.39 is 0 Å². The van der Waals surface area contributed by atoms with Gasteiger partial charge in [-0.3, -0.25) is 0 Å². The molecule has 2 heteroatoms. The largest absolute Gasteiger partial charge is 0.372 e. The molecule has 5 rings (SSSR count). The van der Waals surface area contributed by atoms with E-state index in [9.17, 15) is 0 Å². The standard InChI is InChI=1S/C20H34O2/c1-13(15-7-10-20(4)18(11-15)22-20)5-6-14(2)16-8-9-19(3)12-17(16)21-19/h13-18H,5-12H2,1-4H3. The Bertz CT molecular complexity index is 422. The van der Waals surface area contributed by atoms with Gasteiger partial charge in [-0.15, -0.1) is 0 Å². The summed E-state index contributed by atoms with van der Waals surface area (Å²) in [5.41, 5.74) is 0.535. The molecular weight excluding hydrogens is 272 g/mol. The van der Waals surface area contributed by atoms with Gasteiger partial charge in [0.2, 0.25) is 0 Å². The Hall–Kier alpha value is -0.0800. The molecule has 0 N–H and O–H groups in total. The zero-order valence-corrected chi connectivity index (χ0v) is 14.9. The van der Waals surface area contributed by atoms with E-state index in [1.807, 2.05) is 0 Å². The average Bonchev–Trinajstić information content (AvgIpc) is 3.14. The molecule has 0 radical (unpaired) electrons. The van der Waals surface area contributed by atoms with E-state index in [2.05, 4.69) is 27.7 Å². The molecule has 5 aliphatic rings. The normalized spacial score (nSPS) is 52.4. The van der Waals surface area contributed by atoms with E-state index in [4.69, 9.17) is 9.47 Å². The van der Waals surface area contributed by atoms with Crippen molar-refractivity contribution in [3.05, 3.63) is 0 Å². The van der Waals surface area contributed by atoms with E-state index in [0.29, 0.717) is 12.2 Å². The molecule has 5 fully saturated rings. The summed E-state index contributed by atoms with van der Waals surface area (Å²) in [4.78, 5) is 0. The molecule has 0 aromatic rings. The molecule has 126 valence electrons. The van der Waals surface area contributed by atoms with Crippen molar-refractivity contribution in [3.63, 3.8) is 0 Å². The summed E-state index contributed by atoms with van der Waals surface area (Å²) in [6, 6.07) is 0. The van der Waals surface area contributed by atoms with Crippen LogP contribution >= 0.6 is 0 Å². The van der Waals surface area contributed by atoms with Gasteiger partial charge < -0.3 is 9.47 Å². The molecule has 22 heavy (non-hydrogen) atoms. The van der Waals surface area contributed by atoms with Crippen molar-refractivity contribution < 1.29 is 9.47 Å². The highest BCUT2D eigenvalue weighted by Crippen LogP contribution is 2.52. The van der Waals surface area contributed by atoms with E-state index in [0.717, 1.165) is 23.7 Å². The van der Waals surface area contributed by atoms with Crippen molar-refractivity contribution in [2.75, 3.05) is 0 Å². The molecule has 0 spiro atoms. The lowest BCUT2D eigenvalue weighted by Gasteiger charge is -2.55. The van der Waals surface area contributed by atoms with E-state index in [-0.39, 0.29) is 11.2 Å². The van der Waals surface area contributed by atoms with Gasteiger partial charge in [-0.2, -0.15) is 0 Å². The van der Waals surface area contributed by atoms with Crippen LogP contribution in [0.5, 0.6) is 0 Å². The third-order valence-corrected chi connectivity index (χ3v) is 7.73. The Morgan fingerprint density at radius 2 is 1.73 bits per heavy atom. The minimum Gasteiger partial charge on any atom is -0.372 e. The first-order chi connectivity index (χ1) is 10.4. The average molecular weight is 306 g/mol. The second kappa shape index (κ2) is 5.21. The molecule has 2 saturated carbocycles. The highest BCUT2D eigenvalue weighted by atomic mass is 16.6. The second-order valence-corrected chi connectivity index (χ2v) is 9.50. The van der Waals surface area contributed by atoms with Gasteiger partial charge in [0.25, 0.3) is 0 Å². The Morgan fingerprint density at radius 3 is 2.36 bits per heavy atom. The van der Waals surface area contributed by atoms with Crippen molar-refractivity contribution in [2.45, 2.75) is 102 Å². The molecule has 2 bridgehead atoms. The maximum absolute atomic E-state index is 6.13. The molecule has 3 aliphatic heterocycles. The Labute approximate surface area is 136 Å². The lowest BCUT2D eigenvalue weighted by atomic mass is 9.66. The molecule has 8 unspecified atom stereocenters. The van der Waals surface area contributed by atoms with Crippen molar-refractivity contribution in [3.8, 4) is 0 Å². The first-order valence-corrected chi connectivity index (χ1v) is 9.74. The molecule has 0 aromatic heterocycles. The van der Waals surface area contributed by atoms with Crippen molar-refractivity contribution >= 4 is 0 Å². The monoisotopic (exact) mass is 306 g/mol. The Kier molecular flexibility index (Phi) is 3.66. The fourth-order valence-electron chi connectivity index (χ4n) is 5.66.